The van der Waals surface area contributed by atoms with Gasteiger partial charge in [0.25, 0.3) is 0 Å². The lowest BCUT2D eigenvalue weighted by Gasteiger charge is -2.35. The van der Waals surface area contributed by atoms with Crippen LogP contribution in [-0.4, -0.2) is 78.1 Å². The molecule has 1 aromatic heterocycles. The molecule has 0 spiro atoms. The lowest BCUT2D eigenvalue weighted by atomic mass is 10.1. The maximum atomic E-state index is 12.5. The van der Waals surface area contributed by atoms with Gasteiger partial charge in [-0.2, -0.15) is 9.78 Å². The second-order valence-electron chi connectivity index (χ2n) is 7.72. The molecule has 2 fully saturated rings. The van der Waals surface area contributed by atoms with Crippen molar-refractivity contribution in [1.82, 2.24) is 19.6 Å². The molecule has 7 heteroatoms. The smallest absolute Gasteiger partial charge is 0.344 e. The summed E-state index contributed by atoms with van der Waals surface area (Å²) in [5, 5.41) is 4.14. The van der Waals surface area contributed by atoms with Crippen molar-refractivity contribution in [3.63, 3.8) is 0 Å². The van der Waals surface area contributed by atoms with Crippen LogP contribution in [-0.2, 0) is 11.3 Å². The Bertz CT molecular complexity index is 820. The average Bonchev–Trinajstić information content (AvgIpc) is 3.16. The molecule has 0 radical (unpaired) electrons. The lowest BCUT2D eigenvalue weighted by molar-refractivity contribution is 0.122. The van der Waals surface area contributed by atoms with Crippen LogP contribution >= 0.6 is 0 Å². The zero-order chi connectivity index (χ0) is 19.5. The molecule has 2 saturated heterocycles. The zero-order valence-electron chi connectivity index (χ0n) is 16.8. The van der Waals surface area contributed by atoms with Gasteiger partial charge in [0.15, 0.2) is 0 Å². The van der Waals surface area contributed by atoms with E-state index in [0.29, 0.717) is 0 Å². The summed E-state index contributed by atoms with van der Waals surface area (Å²) in [5.74, 6) is 0. The van der Waals surface area contributed by atoms with Crippen LogP contribution in [0.15, 0.2) is 30.6 Å². The molecule has 0 saturated carbocycles. The summed E-state index contributed by atoms with van der Waals surface area (Å²) in [6.45, 7) is 11.9. The Labute approximate surface area is 166 Å². The van der Waals surface area contributed by atoms with Gasteiger partial charge in [-0.3, -0.25) is 4.90 Å². The number of carbonyl (C=O) groups is 1. The standard InChI is InChI=1S/C21H29N5O2/c1-17-14-22-26(15-17)21(27)25-7-5-23(6-8-25)16-19-3-4-20(13-18(19)2)24-9-11-28-12-10-24/h3-4,13-15H,5-12,16H2,1-2H3. The van der Waals surface area contributed by atoms with Crippen LogP contribution in [0.5, 0.6) is 0 Å². The number of carbonyl (C=O) groups excluding carboxylic acids is 1. The first-order valence-corrected chi connectivity index (χ1v) is 10.1. The normalized spacial score (nSPS) is 18.5. The van der Waals surface area contributed by atoms with E-state index in [1.165, 1.54) is 21.5 Å². The zero-order valence-corrected chi connectivity index (χ0v) is 16.8. The van der Waals surface area contributed by atoms with Gasteiger partial charge in [0.2, 0.25) is 0 Å². The summed E-state index contributed by atoms with van der Waals surface area (Å²) in [7, 11) is 0. The van der Waals surface area contributed by atoms with E-state index in [2.05, 4.69) is 40.0 Å². The summed E-state index contributed by atoms with van der Waals surface area (Å²) in [5.41, 5.74) is 4.98. The van der Waals surface area contributed by atoms with Crippen molar-refractivity contribution in [3.8, 4) is 0 Å². The highest BCUT2D eigenvalue weighted by Gasteiger charge is 2.23. The Morgan fingerprint density at radius 3 is 2.46 bits per heavy atom. The molecular weight excluding hydrogens is 354 g/mol. The quantitative estimate of drug-likeness (QED) is 0.813. The first-order chi connectivity index (χ1) is 13.6. The predicted octanol–water partition coefficient (Wildman–Crippen LogP) is 2.12. The van der Waals surface area contributed by atoms with Gasteiger partial charge in [0.1, 0.15) is 0 Å². The molecule has 1 aromatic carbocycles. The Morgan fingerprint density at radius 2 is 1.82 bits per heavy atom. The first kappa shape index (κ1) is 19.0. The predicted molar refractivity (Wildman–Crippen MR) is 109 cm³/mol. The highest BCUT2D eigenvalue weighted by molar-refractivity contribution is 5.76. The van der Waals surface area contributed by atoms with E-state index < -0.39 is 0 Å². The van der Waals surface area contributed by atoms with Crippen molar-refractivity contribution in [2.75, 3.05) is 57.4 Å². The second-order valence-corrected chi connectivity index (χ2v) is 7.72. The van der Waals surface area contributed by atoms with Gasteiger partial charge in [0, 0.05) is 57.7 Å². The summed E-state index contributed by atoms with van der Waals surface area (Å²) < 4.78 is 6.89. The number of piperazine rings is 1. The van der Waals surface area contributed by atoms with Crippen molar-refractivity contribution in [3.05, 3.63) is 47.3 Å². The number of ether oxygens (including phenoxy) is 1. The topological polar surface area (TPSA) is 53.8 Å². The molecule has 1 amide bonds. The van der Waals surface area contributed by atoms with Gasteiger partial charge in [0.05, 0.1) is 19.4 Å². The molecule has 4 rings (SSSR count). The Hall–Kier alpha value is -2.38. The van der Waals surface area contributed by atoms with E-state index in [0.717, 1.165) is 64.6 Å². The monoisotopic (exact) mass is 383 g/mol. The van der Waals surface area contributed by atoms with Crippen LogP contribution in [0.25, 0.3) is 0 Å². The van der Waals surface area contributed by atoms with Gasteiger partial charge < -0.3 is 14.5 Å². The Kier molecular flexibility index (Phi) is 5.64. The number of hydrogen-bond acceptors (Lipinski definition) is 5. The number of morpholine rings is 1. The highest BCUT2D eigenvalue weighted by Crippen LogP contribution is 2.22. The van der Waals surface area contributed by atoms with E-state index in [9.17, 15) is 4.79 Å². The Morgan fingerprint density at radius 1 is 1.07 bits per heavy atom. The number of anilines is 1. The molecule has 3 heterocycles. The number of benzene rings is 1. The fourth-order valence-corrected chi connectivity index (χ4v) is 3.88. The lowest BCUT2D eigenvalue weighted by Crippen LogP contribution is -2.49. The number of amides is 1. The van der Waals surface area contributed by atoms with Crippen LogP contribution in [0.3, 0.4) is 0 Å². The minimum absolute atomic E-state index is 0.0289. The van der Waals surface area contributed by atoms with Gasteiger partial charge >= 0.3 is 6.03 Å². The van der Waals surface area contributed by atoms with E-state index in [1.54, 1.807) is 12.4 Å². The van der Waals surface area contributed by atoms with Crippen molar-refractivity contribution in [1.29, 1.82) is 0 Å². The third-order valence-corrected chi connectivity index (χ3v) is 5.65. The van der Waals surface area contributed by atoms with E-state index in [-0.39, 0.29) is 6.03 Å². The van der Waals surface area contributed by atoms with Crippen molar-refractivity contribution >= 4 is 11.7 Å². The molecule has 0 atom stereocenters. The average molecular weight is 383 g/mol. The molecule has 2 aromatic rings. The largest absolute Gasteiger partial charge is 0.378 e. The SMILES string of the molecule is Cc1cnn(C(=O)N2CCN(Cc3ccc(N4CCOCC4)cc3C)CC2)c1. The molecule has 0 unspecified atom stereocenters. The van der Waals surface area contributed by atoms with E-state index in [4.69, 9.17) is 4.74 Å². The molecule has 0 bridgehead atoms. The van der Waals surface area contributed by atoms with Gasteiger partial charge in [-0.1, -0.05) is 6.07 Å². The van der Waals surface area contributed by atoms with E-state index >= 15 is 0 Å². The van der Waals surface area contributed by atoms with Gasteiger partial charge in [-0.05, 0) is 42.7 Å². The maximum Gasteiger partial charge on any atom is 0.344 e. The first-order valence-electron chi connectivity index (χ1n) is 10.1. The number of hydrogen-bond donors (Lipinski definition) is 0. The molecule has 7 nitrogen and oxygen atoms in total. The van der Waals surface area contributed by atoms with Crippen LogP contribution in [0.1, 0.15) is 16.7 Å². The Balaban J connectivity index is 1.32. The summed E-state index contributed by atoms with van der Waals surface area (Å²) in [4.78, 5) is 19.2. The third-order valence-electron chi connectivity index (χ3n) is 5.65. The fraction of sp³-hybridized carbons (Fsp3) is 0.524. The van der Waals surface area contributed by atoms with E-state index in [1.807, 2.05) is 11.8 Å². The van der Waals surface area contributed by atoms with Crippen molar-refractivity contribution in [2.45, 2.75) is 20.4 Å². The maximum absolute atomic E-state index is 12.5. The van der Waals surface area contributed by atoms with Gasteiger partial charge in [-0.25, -0.2) is 4.79 Å². The number of nitrogens with zero attached hydrogens (tertiary/aromatic N) is 5. The van der Waals surface area contributed by atoms with Crippen LogP contribution in [0.4, 0.5) is 10.5 Å². The van der Waals surface area contributed by atoms with Crippen molar-refractivity contribution < 1.29 is 9.53 Å². The molecule has 2 aliphatic heterocycles. The van der Waals surface area contributed by atoms with Crippen LogP contribution in [0, 0.1) is 13.8 Å². The van der Waals surface area contributed by atoms with Crippen molar-refractivity contribution in [2.24, 2.45) is 0 Å². The molecule has 0 aliphatic carbocycles. The second kappa shape index (κ2) is 8.32. The van der Waals surface area contributed by atoms with Gasteiger partial charge in [-0.15, -0.1) is 0 Å². The number of aromatic nitrogens is 2. The highest BCUT2D eigenvalue weighted by atomic mass is 16.5. The molecular formula is C21H29N5O2. The minimum Gasteiger partial charge on any atom is -0.378 e. The fourth-order valence-electron chi connectivity index (χ4n) is 3.88. The van der Waals surface area contributed by atoms with Crippen LogP contribution in [0.2, 0.25) is 0 Å². The summed E-state index contributed by atoms with van der Waals surface area (Å²) in [6.07, 6.45) is 3.51. The molecule has 150 valence electrons. The number of aryl methyl sites for hydroxylation is 2. The van der Waals surface area contributed by atoms with Crippen LogP contribution < -0.4 is 4.90 Å². The minimum atomic E-state index is -0.0289. The summed E-state index contributed by atoms with van der Waals surface area (Å²) in [6, 6.07) is 6.75. The molecule has 2 aliphatic rings. The third kappa shape index (κ3) is 4.20. The molecule has 0 N–H and O–H groups in total. The summed E-state index contributed by atoms with van der Waals surface area (Å²) >= 11 is 0. The number of rotatable bonds is 3. The molecule has 28 heavy (non-hydrogen) atoms.